The summed E-state index contributed by atoms with van der Waals surface area (Å²) in [6, 6.07) is 6.63. The summed E-state index contributed by atoms with van der Waals surface area (Å²) in [5.41, 5.74) is 2.10. The van der Waals surface area contributed by atoms with Crippen LogP contribution in [-0.4, -0.2) is 53.9 Å². The number of aromatic nitrogens is 2. The number of hydrogen-bond donors (Lipinski definition) is 1. The fourth-order valence-corrected chi connectivity index (χ4v) is 3.83. The molecule has 2 aromatic rings. The number of ether oxygens (including phenoxy) is 2. The second-order valence-corrected chi connectivity index (χ2v) is 6.45. The molecule has 0 atom stereocenters. The van der Waals surface area contributed by atoms with Crippen LogP contribution in [0.4, 0.5) is 5.95 Å². The summed E-state index contributed by atoms with van der Waals surface area (Å²) in [5.74, 6) is 2.61. The molecule has 5 heterocycles. The molecule has 3 fully saturated rings. The summed E-state index contributed by atoms with van der Waals surface area (Å²) in [5, 5.41) is 0. The molecular formula is C17H20N4O2. The maximum absolute atomic E-state index is 5.47. The van der Waals surface area contributed by atoms with Crippen molar-refractivity contribution in [1.29, 1.82) is 0 Å². The van der Waals surface area contributed by atoms with Crippen LogP contribution in [0.3, 0.4) is 0 Å². The van der Waals surface area contributed by atoms with Gasteiger partial charge in [-0.1, -0.05) is 0 Å². The molecule has 0 amide bonds. The summed E-state index contributed by atoms with van der Waals surface area (Å²) in [4.78, 5) is 13.2. The van der Waals surface area contributed by atoms with E-state index in [1.54, 1.807) is 0 Å². The van der Waals surface area contributed by atoms with Gasteiger partial charge in [-0.25, -0.2) is 4.98 Å². The van der Waals surface area contributed by atoms with E-state index in [2.05, 4.69) is 19.8 Å². The van der Waals surface area contributed by atoms with Gasteiger partial charge >= 0.3 is 0 Å². The van der Waals surface area contributed by atoms with E-state index in [0.717, 1.165) is 41.8 Å². The number of nitrogens with zero attached hydrogens (tertiary/aromatic N) is 3. The molecule has 120 valence electrons. The van der Waals surface area contributed by atoms with Crippen LogP contribution >= 0.6 is 0 Å². The summed E-state index contributed by atoms with van der Waals surface area (Å²) < 4.78 is 10.8. The highest BCUT2D eigenvalue weighted by atomic mass is 16.7. The normalized spacial score (nSPS) is 25.7. The topological polar surface area (TPSA) is 53.6 Å². The Morgan fingerprint density at radius 2 is 1.91 bits per heavy atom. The van der Waals surface area contributed by atoms with Crippen molar-refractivity contribution in [2.45, 2.75) is 18.9 Å². The molecular weight excluding hydrogens is 292 g/mol. The smallest absolute Gasteiger partial charge is 0.231 e. The first-order valence-corrected chi connectivity index (χ1v) is 8.31. The maximum atomic E-state index is 5.47. The molecule has 0 radical (unpaired) electrons. The molecule has 1 N–H and O–H groups in total. The summed E-state index contributed by atoms with van der Waals surface area (Å²) in [6.07, 6.45) is 4.39. The number of hydrogen-bond acceptors (Lipinski definition) is 5. The highest BCUT2D eigenvalue weighted by Crippen LogP contribution is 2.36. The van der Waals surface area contributed by atoms with E-state index in [-0.39, 0.29) is 0 Å². The molecule has 6 rings (SSSR count). The SMILES string of the molecule is c1cc2c(cc1-c1cnc(N3CCN4CCC3CC4)[nH]1)OCO2. The molecule has 1 aromatic carbocycles. The van der Waals surface area contributed by atoms with Crippen molar-refractivity contribution < 1.29 is 9.47 Å². The second-order valence-electron chi connectivity index (χ2n) is 6.45. The molecule has 3 saturated heterocycles. The zero-order valence-corrected chi connectivity index (χ0v) is 13.0. The van der Waals surface area contributed by atoms with Crippen LogP contribution in [-0.2, 0) is 0 Å². The van der Waals surface area contributed by atoms with Gasteiger partial charge < -0.3 is 24.3 Å². The number of fused-ring (bicyclic) bond motifs is 5. The number of imidazole rings is 1. The van der Waals surface area contributed by atoms with E-state index in [1.807, 2.05) is 24.4 Å². The third kappa shape index (κ3) is 2.25. The van der Waals surface area contributed by atoms with Crippen LogP contribution in [0.1, 0.15) is 12.8 Å². The molecule has 4 aliphatic heterocycles. The molecule has 0 unspecified atom stereocenters. The first-order valence-electron chi connectivity index (χ1n) is 8.31. The maximum Gasteiger partial charge on any atom is 0.231 e. The number of H-pyrrole nitrogens is 1. The molecule has 0 aliphatic carbocycles. The van der Waals surface area contributed by atoms with Crippen molar-refractivity contribution in [2.24, 2.45) is 0 Å². The first kappa shape index (κ1) is 13.2. The average Bonchev–Trinajstić information content (AvgIpc) is 3.17. The average molecular weight is 312 g/mol. The van der Waals surface area contributed by atoms with Gasteiger partial charge in [0.15, 0.2) is 11.5 Å². The Balaban J connectivity index is 1.44. The quantitative estimate of drug-likeness (QED) is 0.920. The van der Waals surface area contributed by atoms with Crippen molar-refractivity contribution in [3.63, 3.8) is 0 Å². The van der Waals surface area contributed by atoms with Gasteiger partial charge in [0.25, 0.3) is 0 Å². The van der Waals surface area contributed by atoms with Crippen LogP contribution in [0.25, 0.3) is 11.3 Å². The molecule has 0 saturated carbocycles. The monoisotopic (exact) mass is 312 g/mol. The summed E-state index contributed by atoms with van der Waals surface area (Å²) >= 11 is 0. The van der Waals surface area contributed by atoms with Gasteiger partial charge in [-0.05, 0) is 31.0 Å². The first-order chi connectivity index (χ1) is 11.4. The summed E-state index contributed by atoms with van der Waals surface area (Å²) in [6.45, 7) is 4.93. The Hall–Kier alpha value is -2.21. The van der Waals surface area contributed by atoms with Crippen LogP contribution in [0.5, 0.6) is 11.5 Å². The zero-order valence-electron chi connectivity index (χ0n) is 13.0. The lowest BCUT2D eigenvalue weighted by atomic mass is 10.1. The number of aromatic amines is 1. The third-order valence-corrected chi connectivity index (χ3v) is 5.17. The van der Waals surface area contributed by atoms with Gasteiger partial charge in [-0.15, -0.1) is 0 Å². The van der Waals surface area contributed by atoms with Crippen LogP contribution in [0.15, 0.2) is 24.4 Å². The van der Waals surface area contributed by atoms with Crippen LogP contribution in [0, 0.1) is 0 Å². The summed E-state index contributed by atoms with van der Waals surface area (Å²) in [7, 11) is 0. The minimum atomic E-state index is 0.305. The van der Waals surface area contributed by atoms with E-state index in [4.69, 9.17) is 9.47 Å². The van der Waals surface area contributed by atoms with Crippen LogP contribution in [0.2, 0.25) is 0 Å². The molecule has 1 aromatic heterocycles. The Kier molecular flexibility index (Phi) is 2.97. The Bertz CT molecular complexity index is 721. The molecule has 6 heteroatoms. The molecule has 23 heavy (non-hydrogen) atoms. The number of anilines is 1. The van der Waals surface area contributed by atoms with E-state index in [0.29, 0.717) is 12.8 Å². The van der Waals surface area contributed by atoms with Crippen molar-refractivity contribution in [3.8, 4) is 22.8 Å². The van der Waals surface area contributed by atoms with E-state index >= 15 is 0 Å². The van der Waals surface area contributed by atoms with Gasteiger partial charge in [0.05, 0.1) is 11.9 Å². The Labute approximate surface area is 135 Å². The lowest BCUT2D eigenvalue weighted by molar-refractivity contribution is 0.174. The van der Waals surface area contributed by atoms with Gasteiger partial charge in [0.1, 0.15) is 0 Å². The van der Waals surface area contributed by atoms with Gasteiger partial charge in [0.2, 0.25) is 12.7 Å². The predicted octanol–water partition coefficient (Wildman–Crippen LogP) is 2.09. The largest absolute Gasteiger partial charge is 0.454 e. The fourth-order valence-electron chi connectivity index (χ4n) is 3.83. The zero-order chi connectivity index (χ0) is 15.2. The van der Waals surface area contributed by atoms with E-state index < -0.39 is 0 Å². The number of benzene rings is 1. The highest BCUT2D eigenvalue weighted by Gasteiger charge is 2.30. The number of piperidine rings is 1. The van der Waals surface area contributed by atoms with E-state index in [1.165, 1.54) is 25.9 Å². The second kappa shape index (κ2) is 5.16. The van der Waals surface area contributed by atoms with Crippen molar-refractivity contribution in [1.82, 2.24) is 14.9 Å². The standard InChI is InChI=1S/C17H20N4O2/c1-2-15-16(23-11-22-15)9-12(1)14-10-18-17(19-14)21-8-7-20-5-3-13(21)4-6-20/h1-2,9-10,13H,3-8,11H2,(H,18,19). The minimum Gasteiger partial charge on any atom is -0.454 e. The van der Waals surface area contributed by atoms with Crippen molar-refractivity contribution >= 4 is 5.95 Å². The number of rotatable bonds is 2. The van der Waals surface area contributed by atoms with Gasteiger partial charge in [-0.2, -0.15) is 0 Å². The molecule has 6 nitrogen and oxygen atoms in total. The highest BCUT2D eigenvalue weighted by molar-refractivity contribution is 5.65. The molecule has 2 bridgehead atoms. The Morgan fingerprint density at radius 1 is 1.04 bits per heavy atom. The van der Waals surface area contributed by atoms with Gasteiger partial charge in [0, 0.05) is 37.8 Å². The fraction of sp³-hybridized carbons (Fsp3) is 0.471. The van der Waals surface area contributed by atoms with Crippen molar-refractivity contribution in [3.05, 3.63) is 24.4 Å². The lowest BCUT2D eigenvalue weighted by Gasteiger charge is -2.31. The Morgan fingerprint density at radius 3 is 2.83 bits per heavy atom. The van der Waals surface area contributed by atoms with Crippen LogP contribution < -0.4 is 14.4 Å². The molecule has 4 aliphatic rings. The van der Waals surface area contributed by atoms with Gasteiger partial charge in [-0.3, -0.25) is 0 Å². The van der Waals surface area contributed by atoms with Crippen molar-refractivity contribution in [2.75, 3.05) is 37.9 Å². The third-order valence-electron chi connectivity index (χ3n) is 5.17. The number of nitrogens with one attached hydrogen (secondary N) is 1. The van der Waals surface area contributed by atoms with E-state index in [9.17, 15) is 0 Å². The lowest BCUT2D eigenvalue weighted by Crippen LogP contribution is -2.38. The minimum absolute atomic E-state index is 0.305. The molecule has 0 spiro atoms. The predicted molar refractivity (Wildman–Crippen MR) is 87.0 cm³/mol.